The van der Waals surface area contributed by atoms with Crippen molar-refractivity contribution in [2.75, 3.05) is 6.54 Å². The highest BCUT2D eigenvalue weighted by molar-refractivity contribution is 5.82. The maximum absolute atomic E-state index is 12.1. The van der Waals surface area contributed by atoms with Crippen LogP contribution in [-0.2, 0) is 15.1 Å². The molecule has 5 nitrogen and oxygen atoms in total. The van der Waals surface area contributed by atoms with Gasteiger partial charge in [-0.05, 0) is 31.5 Å². The summed E-state index contributed by atoms with van der Waals surface area (Å²) in [6.07, 6.45) is -4.44. The first-order valence-electron chi connectivity index (χ1n) is 5.97. The van der Waals surface area contributed by atoms with Crippen LogP contribution in [0.15, 0.2) is 24.3 Å². The number of carboxylic acids is 1. The largest absolute Gasteiger partial charge is 0.573 e. The molecule has 1 amide bonds. The van der Waals surface area contributed by atoms with E-state index >= 15 is 0 Å². The molecular formula is C13H14F3NO4. The topological polar surface area (TPSA) is 66.8 Å². The zero-order chi connectivity index (χ0) is 16.3. The van der Waals surface area contributed by atoms with Crippen molar-refractivity contribution in [3.8, 4) is 5.75 Å². The number of carbonyl (C=O) groups excluding carboxylic acids is 1. The quantitative estimate of drug-likeness (QED) is 0.819. The summed E-state index contributed by atoms with van der Waals surface area (Å²) in [6.45, 7) is 3.02. The molecule has 0 spiro atoms. The van der Waals surface area contributed by atoms with Gasteiger partial charge in [0.15, 0.2) is 5.54 Å². The Morgan fingerprint density at radius 3 is 2.19 bits per heavy atom. The van der Waals surface area contributed by atoms with Crippen LogP contribution in [0.3, 0.4) is 0 Å². The summed E-state index contributed by atoms with van der Waals surface area (Å²) in [6, 6.07) is 4.37. The Morgan fingerprint density at radius 1 is 1.33 bits per heavy atom. The second-order valence-corrected chi connectivity index (χ2v) is 4.34. The standard InChI is InChI=1S/C13H14F3NO4/c1-3-17(8-18)12(2,11(19)20)9-4-6-10(7-5-9)21-13(14,15)16/h4-8H,3H2,1-2H3,(H,19,20). The molecule has 0 radical (unpaired) electrons. The van der Waals surface area contributed by atoms with E-state index in [1.807, 2.05) is 0 Å². The number of benzene rings is 1. The molecular weight excluding hydrogens is 291 g/mol. The number of hydrogen-bond donors (Lipinski definition) is 1. The second-order valence-electron chi connectivity index (χ2n) is 4.34. The van der Waals surface area contributed by atoms with Crippen molar-refractivity contribution >= 4 is 12.4 Å². The molecule has 0 aromatic heterocycles. The maximum atomic E-state index is 12.1. The average molecular weight is 305 g/mol. The van der Waals surface area contributed by atoms with E-state index < -0.39 is 23.6 Å². The lowest BCUT2D eigenvalue weighted by atomic mass is 9.90. The molecule has 1 atom stereocenters. The predicted octanol–water partition coefficient (Wildman–Crippen LogP) is 2.36. The van der Waals surface area contributed by atoms with E-state index in [1.165, 1.54) is 19.1 Å². The minimum atomic E-state index is -4.82. The zero-order valence-corrected chi connectivity index (χ0v) is 11.3. The van der Waals surface area contributed by atoms with Gasteiger partial charge in [-0.1, -0.05) is 12.1 Å². The monoisotopic (exact) mass is 305 g/mol. The van der Waals surface area contributed by atoms with E-state index in [1.54, 1.807) is 6.92 Å². The first kappa shape index (κ1) is 16.8. The van der Waals surface area contributed by atoms with Crippen molar-refractivity contribution in [2.45, 2.75) is 25.7 Å². The lowest BCUT2D eigenvalue weighted by Crippen LogP contribution is -2.49. The van der Waals surface area contributed by atoms with Crippen LogP contribution in [0.4, 0.5) is 13.2 Å². The van der Waals surface area contributed by atoms with Crippen LogP contribution in [0.1, 0.15) is 19.4 Å². The highest BCUT2D eigenvalue weighted by Gasteiger charge is 2.40. The van der Waals surface area contributed by atoms with Crippen molar-refractivity contribution in [1.82, 2.24) is 4.90 Å². The fraction of sp³-hybridized carbons (Fsp3) is 0.385. The minimum absolute atomic E-state index is 0.132. The average Bonchev–Trinajstić information content (AvgIpc) is 2.38. The van der Waals surface area contributed by atoms with Gasteiger partial charge >= 0.3 is 12.3 Å². The number of carbonyl (C=O) groups is 2. The highest BCUT2D eigenvalue weighted by atomic mass is 19.4. The molecule has 0 aliphatic rings. The van der Waals surface area contributed by atoms with Crippen molar-refractivity contribution < 1.29 is 32.6 Å². The molecule has 1 unspecified atom stereocenters. The number of hydrogen-bond acceptors (Lipinski definition) is 3. The van der Waals surface area contributed by atoms with E-state index in [9.17, 15) is 27.9 Å². The van der Waals surface area contributed by atoms with Gasteiger partial charge in [-0.2, -0.15) is 0 Å². The Balaban J connectivity index is 3.17. The third-order valence-electron chi connectivity index (χ3n) is 3.11. The van der Waals surface area contributed by atoms with Gasteiger partial charge in [0.1, 0.15) is 5.75 Å². The fourth-order valence-electron chi connectivity index (χ4n) is 1.89. The van der Waals surface area contributed by atoms with Gasteiger partial charge in [-0.25, -0.2) is 4.79 Å². The lowest BCUT2D eigenvalue weighted by molar-refractivity contribution is -0.274. The Kier molecular flexibility index (Phi) is 4.82. The summed E-state index contributed by atoms with van der Waals surface area (Å²) in [5.74, 6) is -1.76. The van der Waals surface area contributed by atoms with Gasteiger partial charge in [-0.3, -0.25) is 4.79 Å². The van der Waals surface area contributed by atoms with Crippen molar-refractivity contribution in [2.24, 2.45) is 0 Å². The Hall–Kier alpha value is -2.25. The van der Waals surface area contributed by atoms with Gasteiger partial charge in [0.25, 0.3) is 0 Å². The van der Waals surface area contributed by atoms with Crippen LogP contribution < -0.4 is 4.74 Å². The number of aliphatic carboxylic acids is 1. The number of amides is 1. The van der Waals surface area contributed by atoms with Gasteiger partial charge in [0, 0.05) is 6.54 Å². The summed E-state index contributed by atoms with van der Waals surface area (Å²) < 4.78 is 39.9. The number of ether oxygens (including phenoxy) is 1. The van der Waals surface area contributed by atoms with Crippen LogP contribution in [0.5, 0.6) is 5.75 Å². The smallest absolute Gasteiger partial charge is 0.479 e. The molecule has 1 rings (SSSR count). The van der Waals surface area contributed by atoms with Gasteiger partial charge < -0.3 is 14.7 Å². The minimum Gasteiger partial charge on any atom is -0.479 e. The predicted molar refractivity (Wildman–Crippen MR) is 66.6 cm³/mol. The first-order chi connectivity index (χ1) is 9.65. The van der Waals surface area contributed by atoms with Crippen molar-refractivity contribution in [3.63, 3.8) is 0 Å². The molecule has 8 heteroatoms. The van der Waals surface area contributed by atoms with Crippen LogP contribution in [0.2, 0.25) is 0 Å². The third-order valence-corrected chi connectivity index (χ3v) is 3.11. The number of halogens is 3. The van der Waals surface area contributed by atoms with Crippen LogP contribution in [0, 0.1) is 0 Å². The highest BCUT2D eigenvalue weighted by Crippen LogP contribution is 2.30. The van der Waals surface area contributed by atoms with Gasteiger partial charge in [0.2, 0.25) is 6.41 Å². The van der Waals surface area contributed by atoms with Crippen LogP contribution >= 0.6 is 0 Å². The van der Waals surface area contributed by atoms with E-state index in [4.69, 9.17) is 0 Å². The molecule has 0 saturated carbocycles. The van der Waals surface area contributed by atoms with Crippen LogP contribution in [-0.4, -0.2) is 35.3 Å². The SMILES string of the molecule is CCN(C=O)C(C)(C(=O)O)c1ccc(OC(F)(F)F)cc1. The maximum Gasteiger partial charge on any atom is 0.573 e. The lowest BCUT2D eigenvalue weighted by Gasteiger charge is -2.34. The summed E-state index contributed by atoms with van der Waals surface area (Å²) in [5.41, 5.74) is -1.51. The molecule has 0 heterocycles. The molecule has 1 aromatic rings. The number of likely N-dealkylation sites (N-methyl/N-ethyl adjacent to an activating group) is 1. The molecule has 0 saturated heterocycles. The first-order valence-corrected chi connectivity index (χ1v) is 5.97. The normalized spacial score (nSPS) is 14.1. The van der Waals surface area contributed by atoms with Gasteiger partial charge in [0.05, 0.1) is 0 Å². The summed E-state index contributed by atoms with van der Waals surface area (Å²) in [5, 5.41) is 9.36. The Bertz CT molecular complexity index is 515. The van der Waals surface area contributed by atoms with Crippen molar-refractivity contribution in [3.05, 3.63) is 29.8 Å². The molecule has 0 fully saturated rings. The summed E-state index contributed by atoms with van der Waals surface area (Å²) >= 11 is 0. The Morgan fingerprint density at radius 2 is 1.86 bits per heavy atom. The molecule has 116 valence electrons. The number of rotatable bonds is 6. The molecule has 0 aliphatic carbocycles. The summed E-state index contributed by atoms with van der Waals surface area (Å²) in [4.78, 5) is 23.5. The van der Waals surface area contributed by atoms with E-state index in [0.29, 0.717) is 6.41 Å². The third kappa shape index (κ3) is 3.65. The molecule has 0 bridgehead atoms. The van der Waals surface area contributed by atoms with E-state index in [-0.39, 0.29) is 12.1 Å². The fourth-order valence-corrected chi connectivity index (χ4v) is 1.89. The molecule has 0 aliphatic heterocycles. The second kappa shape index (κ2) is 6.02. The van der Waals surface area contributed by atoms with E-state index in [2.05, 4.69) is 4.74 Å². The molecule has 1 N–H and O–H groups in total. The Labute approximate surface area is 118 Å². The van der Waals surface area contributed by atoms with Crippen molar-refractivity contribution in [1.29, 1.82) is 0 Å². The summed E-state index contributed by atoms with van der Waals surface area (Å²) in [7, 11) is 0. The number of nitrogens with zero attached hydrogens (tertiary/aromatic N) is 1. The number of alkyl halides is 3. The molecule has 1 aromatic carbocycles. The van der Waals surface area contributed by atoms with Gasteiger partial charge in [-0.15, -0.1) is 13.2 Å². The van der Waals surface area contributed by atoms with Crippen LogP contribution in [0.25, 0.3) is 0 Å². The number of carboxylic acid groups (broad SMARTS) is 1. The zero-order valence-electron chi connectivity index (χ0n) is 11.3. The van der Waals surface area contributed by atoms with E-state index in [0.717, 1.165) is 17.0 Å². The molecule has 21 heavy (non-hydrogen) atoms.